The summed E-state index contributed by atoms with van der Waals surface area (Å²) in [5.41, 5.74) is 0.461. The lowest BCUT2D eigenvalue weighted by atomic mass is 9.96. The second kappa shape index (κ2) is 7.79. The molecule has 1 heterocycles. The molecule has 0 bridgehead atoms. The van der Waals surface area contributed by atoms with Crippen molar-refractivity contribution in [2.45, 2.75) is 25.9 Å². The number of carboxylic acids is 1. The van der Waals surface area contributed by atoms with E-state index in [9.17, 15) is 9.59 Å². The summed E-state index contributed by atoms with van der Waals surface area (Å²) >= 11 is 0. The number of hydrogen-bond donors (Lipinski definition) is 2. The lowest BCUT2D eigenvalue weighted by Crippen LogP contribution is -2.34. The maximum Gasteiger partial charge on any atom is 0.341 e. The number of carbonyl (C=O) groups excluding carboxylic acids is 1. The Hall–Kier alpha value is -2.08. The van der Waals surface area contributed by atoms with Crippen LogP contribution in [0.25, 0.3) is 0 Å². The van der Waals surface area contributed by atoms with Gasteiger partial charge in [0.2, 0.25) is 0 Å². The predicted molar refractivity (Wildman–Crippen MR) is 80.0 cm³/mol. The molecule has 6 nitrogen and oxygen atoms in total. The van der Waals surface area contributed by atoms with E-state index in [4.69, 9.17) is 14.6 Å². The van der Waals surface area contributed by atoms with Crippen molar-refractivity contribution in [3.8, 4) is 5.75 Å². The quantitative estimate of drug-likeness (QED) is 0.835. The first-order valence-electron chi connectivity index (χ1n) is 7.39. The summed E-state index contributed by atoms with van der Waals surface area (Å²) in [7, 11) is 0. The number of carbonyl (C=O) groups is 2. The second-order valence-electron chi connectivity index (χ2n) is 5.49. The number of rotatable bonds is 6. The normalized spacial score (nSPS) is 21.1. The zero-order chi connectivity index (χ0) is 15.9. The van der Waals surface area contributed by atoms with Crippen molar-refractivity contribution in [3.63, 3.8) is 0 Å². The smallest absolute Gasteiger partial charge is 0.341 e. The molecule has 1 aromatic rings. The molecule has 0 radical (unpaired) electrons. The molecule has 1 fully saturated rings. The van der Waals surface area contributed by atoms with E-state index >= 15 is 0 Å². The van der Waals surface area contributed by atoms with Crippen LogP contribution in [0.1, 0.15) is 30.1 Å². The third kappa shape index (κ3) is 5.04. The molecule has 0 saturated carbocycles. The Kier molecular flexibility index (Phi) is 5.77. The van der Waals surface area contributed by atoms with Gasteiger partial charge in [-0.25, -0.2) is 4.79 Å². The van der Waals surface area contributed by atoms with Crippen molar-refractivity contribution in [1.82, 2.24) is 5.32 Å². The summed E-state index contributed by atoms with van der Waals surface area (Å²) in [4.78, 5) is 22.6. The molecule has 2 atom stereocenters. The number of nitrogens with one attached hydrogen (secondary N) is 1. The Morgan fingerprint density at radius 2 is 2.27 bits per heavy atom. The van der Waals surface area contributed by atoms with Crippen LogP contribution in [0.3, 0.4) is 0 Å². The number of aliphatic carboxylic acids is 1. The van der Waals surface area contributed by atoms with E-state index in [1.165, 1.54) is 0 Å². The molecule has 6 heteroatoms. The minimum Gasteiger partial charge on any atom is -0.482 e. The molecule has 2 unspecified atom stereocenters. The van der Waals surface area contributed by atoms with Gasteiger partial charge in [-0.05, 0) is 43.9 Å². The molecule has 0 spiro atoms. The first kappa shape index (κ1) is 16.3. The van der Waals surface area contributed by atoms with Gasteiger partial charge in [-0.1, -0.05) is 6.07 Å². The molecule has 120 valence electrons. The van der Waals surface area contributed by atoms with Gasteiger partial charge in [-0.2, -0.15) is 0 Å². The Labute approximate surface area is 129 Å². The Morgan fingerprint density at radius 1 is 1.45 bits per heavy atom. The third-order valence-corrected chi connectivity index (χ3v) is 3.60. The lowest BCUT2D eigenvalue weighted by molar-refractivity contribution is -0.139. The lowest BCUT2D eigenvalue weighted by Gasteiger charge is -2.27. The number of carboxylic acid groups (broad SMARTS) is 1. The van der Waals surface area contributed by atoms with Gasteiger partial charge in [-0.15, -0.1) is 0 Å². The zero-order valence-corrected chi connectivity index (χ0v) is 12.6. The third-order valence-electron chi connectivity index (χ3n) is 3.60. The van der Waals surface area contributed by atoms with Crippen LogP contribution in [-0.2, 0) is 9.53 Å². The summed E-state index contributed by atoms with van der Waals surface area (Å²) < 4.78 is 10.6. The summed E-state index contributed by atoms with van der Waals surface area (Å²) in [6, 6.07) is 6.52. The highest BCUT2D eigenvalue weighted by Crippen LogP contribution is 2.19. The average molecular weight is 307 g/mol. The van der Waals surface area contributed by atoms with Gasteiger partial charge in [0.25, 0.3) is 5.91 Å². The fourth-order valence-corrected chi connectivity index (χ4v) is 2.49. The van der Waals surface area contributed by atoms with Gasteiger partial charge in [0.1, 0.15) is 5.75 Å². The van der Waals surface area contributed by atoms with Crippen LogP contribution in [0, 0.1) is 5.92 Å². The fraction of sp³-hybridized carbons (Fsp3) is 0.500. The minimum atomic E-state index is -1.05. The molecular formula is C16H21NO5. The number of hydrogen-bond acceptors (Lipinski definition) is 4. The van der Waals surface area contributed by atoms with E-state index in [-0.39, 0.29) is 12.0 Å². The largest absolute Gasteiger partial charge is 0.482 e. The van der Waals surface area contributed by atoms with Crippen LogP contribution in [0.4, 0.5) is 0 Å². The number of benzene rings is 1. The van der Waals surface area contributed by atoms with Gasteiger partial charge in [-0.3, -0.25) is 4.79 Å². The van der Waals surface area contributed by atoms with E-state index in [1.54, 1.807) is 24.3 Å². The molecule has 1 aromatic carbocycles. The van der Waals surface area contributed by atoms with Crippen molar-refractivity contribution in [3.05, 3.63) is 29.8 Å². The molecule has 1 saturated heterocycles. The van der Waals surface area contributed by atoms with Crippen molar-refractivity contribution in [2.24, 2.45) is 5.92 Å². The van der Waals surface area contributed by atoms with Crippen LogP contribution in [0.2, 0.25) is 0 Å². The summed E-state index contributed by atoms with van der Waals surface area (Å²) in [5, 5.41) is 11.5. The molecule has 1 amide bonds. The zero-order valence-electron chi connectivity index (χ0n) is 12.6. The monoisotopic (exact) mass is 307 g/mol. The number of amides is 1. The van der Waals surface area contributed by atoms with Gasteiger partial charge in [0.15, 0.2) is 6.61 Å². The van der Waals surface area contributed by atoms with E-state index in [0.29, 0.717) is 23.8 Å². The van der Waals surface area contributed by atoms with Crippen LogP contribution in [0.5, 0.6) is 5.75 Å². The first-order valence-corrected chi connectivity index (χ1v) is 7.39. The van der Waals surface area contributed by atoms with Gasteiger partial charge < -0.3 is 19.9 Å². The Morgan fingerprint density at radius 3 is 3.00 bits per heavy atom. The predicted octanol–water partition coefficient (Wildman–Crippen LogP) is 1.69. The molecule has 0 aromatic heterocycles. The molecule has 2 rings (SSSR count). The molecule has 1 aliphatic heterocycles. The Bertz CT molecular complexity index is 531. The van der Waals surface area contributed by atoms with Crippen molar-refractivity contribution >= 4 is 11.9 Å². The van der Waals surface area contributed by atoms with Crippen molar-refractivity contribution in [1.29, 1.82) is 0 Å². The number of ether oxygens (including phenoxy) is 2. The summed E-state index contributed by atoms with van der Waals surface area (Å²) in [5.74, 6) is -0.433. The van der Waals surface area contributed by atoms with E-state index in [1.807, 2.05) is 6.92 Å². The Balaban J connectivity index is 1.86. The summed E-state index contributed by atoms with van der Waals surface area (Å²) in [6.45, 7) is 2.97. The van der Waals surface area contributed by atoms with Crippen LogP contribution in [-0.4, -0.2) is 42.8 Å². The van der Waals surface area contributed by atoms with E-state index in [2.05, 4.69) is 5.32 Å². The first-order chi connectivity index (χ1) is 10.5. The molecular weight excluding hydrogens is 286 g/mol. The van der Waals surface area contributed by atoms with Crippen LogP contribution in [0.15, 0.2) is 24.3 Å². The van der Waals surface area contributed by atoms with Gasteiger partial charge >= 0.3 is 5.97 Å². The second-order valence-corrected chi connectivity index (χ2v) is 5.49. The van der Waals surface area contributed by atoms with Crippen LogP contribution >= 0.6 is 0 Å². The maximum atomic E-state index is 12.1. The van der Waals surface area contributed by atoms with Crippen molar-refractivity contribution < 1.29 is 24.2 Å². The fourth-order valence-electron chi connectivity index (χ4n) is 2.49. The molecule has 22 heavy (non-hydrogen) atoms. The maximum absolute atomic E-state index is 12.1. The molecule has 1 aliphatic rings. The topological polar surface area (TPSA) is 84.9 Å². The highest BCUT2D eigenvalue weighted by Gasteiger charge is 2.20. The highest BCUT2D eigenvalue weighted by molar-refractivity contribution is 5.94. The minimum absolute atomic E-state index is 0.181. The summed E-state index contributed by atoms with van der Waals surface area (Å²) in [6.07, 6.45) is 2.14. The van der Waals surface area contributed by atoms with Crippen LogP contribution < -0.4 is 10.1 Å². The standard InChI is InChI=1S/C16H21NO5/c1-11-7-12(5-6-21-11)9-17-16(20)13-3-2-4-14(8-13)22-10-15(18)19/h2-4,8,11-12H,5-7,9-10H2,1H3,(H,17,20)(H,18,19). The highest BCUT2D eigenvalue weighted by atomic mass is 16.5. The van der Waals surface area contributed by atoms with E-state index in [0.717, 1.165) is 19.4 Å². The van der Waals surface area contributed by atoms with E-state index < -0.39 is 12.6 Å². The van der Waals surface area contributed by atoms with Crippen molar-refractivity contribution in [2.75, 3.05) is 19.8 Å². The average Bonchev–Trinajstić information content (AvgIpc) is 2.51. The van der Waals surface area contributed by atoms with Gasteiger partial charge in [0, 0.05) is 18.7 Å². The SMILES string of the molecule is CC1CC(CNC(=O)c2cccc(OCC(=O)O)c2)CCO1. The van der Waals surface area contributed by atoms with Gasteiger partial charge in [0.05, 0.1) is 6.10 Å². The molecule has 2 N–H and O–H groups in total. The molecule has 0 aliphatic carbocycles.